The van der Waals surface area contributed by atoms with Crippen molar-refractivity contribution in [2.45, 2.75) is 26.7 Å². The minimum absolute atomic E-state index is 0.144. The number of nitrogens with zero attached hydrogens (tertiary/aromatic N) is 2. The summed E-state index contributed by atoms with van der Waals surface area (Å²) in [5, 5.41) is 4.50. The molecule has 4 nitrogen and oxygen atoms in total. The summed E-state index contributed by atoms with van der Waals surface area (Å²) in [5.41, 5.74) is 25.9. The first-order chi connectivity index (χ1) is 34.5. The lowest BCUT2D eigenvalue weighted by Gasteiger charge is -2.24. The standard InChI is InChI=1S/C63H47N3OS.C2H6/c1-3-45-19-8-5-4-7-18-44(2)66(51-32-34-61-56(43-51)55-41-50(29-33-60(55)67-61)53-24-12-13-25-54(53)59-26-14-16-38-65-59)39-17-22-46(28-27-45)48-30-35-62-57(40-48)58-42-49(31-36-63(58)68-62)52-23-11-10-21-47(52)20-9-6-15-37-64;1-2/h1,4,6-18,21-27,29-38,40-43,45H,2,19-20,39,64H2;1-2H3/b9-6-,18-7-,22-17-,37-15-;. The molecule has 0 spiro atoms. The van der Waals surface area contributed by atoms with E-state index in [1.807, 2.05) is 86.0 Å². The molecule has 1 unspecified atom stereocenters. The van der Waals surface area contributed by atoms with Crippen molar-refractivity contribution in [3.05, 3.63) is 248 Å². The number of nitrogens with two attached hydrogens (primary N) is 1. The van der Waals surface area contributed by atoms with E-state index in [4.69, 9.17) is 16.6 Å². The van der Waals surface area contributed by atoms with Gasteiger partial charge in [-0.15, -0.1) is 29.2 Å². The third-order valence-corrected chi connectivity index (χ3v) is 13.4. The van der Waals surface area contributed by atoms with Crippen molar-refractivity contribution < 1.29 is 4.42 Å². The maximum absolute atomic E-state index is 6.43. The van der Waals surface area contributed by atoms with Gasteiger partial charge in [-0.25, -0.2) is 0 Å². The van der Waals surface area contributed by atoms with Crippen LogP contribution >= 0.6 is 11.3 Å². The number of allylic oxidation sites excluding steroid dienone is 8. The number of benzene rings is 6. The Bertz CT molecular complexity index is 3690. The van der Waals surface area contributed by atoms with Crippen LogP contribution in [-0.4, -0.2) is 11.5 Å². The van der Waals surface area contributed by atoms with Gasteiger partial charge in [0.25, 0.3) is 0 Å². The number of furan rings is 1. The molecule has 1 aliphatic rings. The number of fused-ring (bicyclic) bond motifs is 6. The van der Waals surface area contributed by atoms with Crippen LogP contribution in [0, 0.1) is 18.3 Å². The Balaban J connectivity index is 0.00000300. The molecule has 0 saturated carbocycles. The van der Waals surface area contributed by atoms with Crippen molar-refractivity contribution in [2.24, 2.45) is 11.7 Å². The predicted octanol–water partition coefficient (Wildman–Crippen LogP) is 17.0. The van der Waals surface area contributed by atoms with Gasteiger partial charge in [0, 0.05) is 72.1 Å². The fourth-order valence-corrected chi connectivity index (χ4v) is 9.91. The van der Waals surface area contributed by atoms with E-state index in [-0.39, 0.29) is 5.92 Å². The highest BCUT2D eigenvalue weighted by Crippen LogP contribution is 2.40. The quantitative estimate of drug-likeness (QED) is 0.0937. The second kappa shape index (κ2) is 22.0. The van der Waals surface area contributed by atoms with Gasteiger partial charge in [-0.1, -0.05) is 123 Å². The zero-order valence-electron chi connectivity index (χ0n) is 39.5. The molecule has 340 valence electrons. The van der Waals surface area contributed by atoms with E-state index in [1.54, 1.807) is 6.20 Å². The normalized spacial score (nSPS) is 15.3. The molecule has 10 rings (SSSR count). The highest BCUT2D eigenvalue weighted by molar-refractivity contribution is 7.25. The maximum atomic E-state index is 6.43. The number of aromatic nitrogens is 1. The number of thiophene rings is 1. The lowest BCUT2D eigenvalue weighted by molar-refractivity contribution is 0.669. The fourth-order valence-electron chi connectivity index (χ4n) is 8.85. The number of rotatable bonds is 8. The van der Waals surface area contributed by atoms with Gasteiger partial charge in [0.15, 0.2) is 0 Å². The van der Waals surface area contributed by atoms with Crippen LogP contribution in [0.2, 0.25) is 0 Å². The summed E-state index contributed by atoms with van der Waals surface area (Å²) in [4.78, 5) is 6.88. The summed E-state index contributed by atoms with van der Waals surface area (Å²) in [6.07, 6.45) is 31.1. The summed E-state index contributed by atoms with van der Waals surface area (Å²) in [6.45, 7) is 9.09. The molecule has 0 saturated heterocycles. The highest BCUT2D eigenvalue weighted by Gasteiger charge is 2.16. The van der Waals surface area contributed by atoms with Crippen LogP contribution in [0.4, 0.5) is 5.69 Å². The van der Waals surface area contributed by atoms with Crippen molar-refractivity contribution in [2.75, 3.05) is 11.4 Å². The van der Waals surface area contributed by atoms with Crippen molar-refractivity contribution in [3.63, 3.8) is 0 Å². The van der Waals surface area contributed by atoms with Crippen LogP contribution in [0.5, 0.6) is 0 Å². The van der Waals surface area contributed by atoms with Crippen LogP contribution in [0.3, 0.4) is 0 Å². The van der Waals surface area contributed by atoms with E-state index >= 15 is 0 Å². The van der Waals surface area contributed by atoms with Crippen molar-refractivity contribution in [1.29, 1.82) is 0 Å². The summed E-state index contributed by atoms with van der Waals surface area (Å²) in [6, 6.07) is 49.4. The van der Waals surface area contributed by atoms with Gasteiger partial charge >= 0.3 is 0 Å². The second-order valence-electron chi connectivity index (χ2n) is 16.6. The van der Waals surface area contributed by atoms with Crippen LogP contribution < -0.4 is 10.6 Å². The van der Waals surface area contributed by atoms with Crippen molar-refractivity contribution in [3.8, 4) is 45.9 Å². The summed E-state index contributed by atoms with van der Waals surface area (Å²) >= 11 is 1.81. The van der Waals surface area contributed by atoms with Crippen LogP contribution in [0.15, 0.2) is 241 Å². The van der Waals surface area contributed by atoms with E-state index in [0.29, 0.717) is 13.0 Å². The Kier molecular flexibility index (Phi) is 14.6. The molecule has 2 N–H and O–H groups in total. The van der Waals surface area contributed by atoms with E-state index in [9.17, 15) is 0 Å². The molecule has 4 heterocycles. The molecular weight excluding hydrogens is 871 g/mol. The molecule has 1 atom stereocenters. The Morgan fingerprint density at radius 1 is 0.771 bits per heavy atom. The van der Waals surface area contributed by atoms with Gasteiger partial charge in [0.1, 0.15) is 11.2 Å². The molecule has 0 bridgehead atoms. The van der Waals surface area contributed by atoms with E-state index in [2.05, 4.69) is 179 Å². The lowest BCUT2D eigenvalue weighted by atomic mass is 9.95. The molecule has 1 aliphatic heterocycles. The Labute approximate surface area is 415 Å². The summed E-state index contributed by atoms with van der Waals surface area (Å²) in [7, 11) is 0. The topological polar surface area (TPSA) is 55.3 Å². The molecular formula is C65H53N3OS. The average molecular weight is 924 g/mol. The minimum Gasteiger partial charge on any atom is -0.456 e. The number of terminal acetylenes is 1. The van der Waals surface area contributed by atoms with Crippen LogP contribution in [0.1, 0.15) is 31.4 Å². The monoisotopic (exact) mass is 923 g/mol. The molecule has 3 aromatic heterocycles. The maximum Gasteiger partial charge on any atom is 0.135 e. The highest BCUT2D eigenvalue weighted by atomic mass is 32.1. The summed E-state index contributed by atoms with van der Waals surface area (Å²) < 4.78 is 8.91. The average Bonchev–Trinajstić information content (AvgIpc) is 3.97. The molecule has 0 aliphatic carbocycles. The van der Waals surface area contributed by atoms with E-state index < -0.39 is 0 Å². The Hall–Kier alpha value is -8.61. The van der Waals surface area contributed by atoms with Crippen molar-refractivity contribution in [1.82, 2.24) is 4.98 Å². The number of hydrogen-bond acceptors (Lipinski definition) is 5. The third-order valence-electron chi connectivity index (χ3n) is 12.3. The molecule has 0 fully saturated rings. The number of anilines is 1. The first kappa shape index (κ1) is 46.5. The molecule has 0 radical (unpaired) electrons. The first-order valence-electron chi connectivity index (χ1n) is 23.7. The minimum atomic E-state index is -0.144. The smallest absolute Gasteiger partial charge is 0.135 e. The Morgan fingerprint density at radius 3 is 2.24 bits per heavy atom. The first-order valence-corrected chi connectivity index (χ1v) is 24.6. The van der Waals surface area contributed by atoms with Crippen LogP contribution in [-0.2, 0) is 6.42 Å². The van der Waals surface area contributed by atoms with E-state index in [1.165, 1.54) is 36.9 Å². The van der Waals surface area contributed by atoms with Gasteiger partial charge in [-0.2, -0.15) is 0 Å². The Morgan fingerprint density at radius 2 is 1.46 bits per heavy atom. The SMILES string of the molecule is C#CC1C=C=C(c2ccc3sc4ccc(-c5ccccc5C/C=C\C=C/N)cc4c3c2)/C=C\CN(c2ccc3oc4ccc(-c5ccccc5-c5ccccn5)cc4c3c2)C(=C)/C=C\C=C=CC1.CC. The van der Waals surface area contributed by atoms with Gasteiger partial charge in [-0.05, 0) is 156 Å². The van der Waals surface area contributed by atoms with Gasteiger partial charge in [0.05, 0.1) is 5.69 Å². The van der Waals surface area contributed by atoms with Crippen LogP contribution in [0.25, 0.3) is 81.2 Å². The van der Waals surface area contributed by atoms with Gasteiger partial charge in [0.2, 0.25) is 0 Å². The molecule has 0 amide bonds. The second-order valence-corrected chi connectivity index (χ2v) is 17.7. The fraction of sp³-hybridized carbons (Fsp3) is 0.0923. The van der Waals surface area contributed by atoms with Crippen molar-refractivity contribution >= 4 is 64.7 Å². The van der Waals surface area contributed by atoms with E-state index in [0.717, 1.165) is 73.3 Å². The zero-order valence-corrected chi connectivity index (χ0v) is 40.3. The molecule has 70 heavy (non-hydrogen) atoms. The zero-order chi connectivity index (χ0) is 48.2. The van der Waals surface area contributed by atoms with Gasteiger partial charge < -0.3 is 15.1 Å². The third kappa shape index (κ3) is 10.1. The number of hydrogen-bond donors (Lipinski definition) is 1. The largest absolute Gasteiger partial charge is 0.456 e. The molecule has 6 aromatic carbocycles. The predicted molar refractivity (Wildman–Crippen MR) is 301 cm³/mol. The molecule has 9 aromatic rings. The number of pyridine rings is 1. The summed E-state index contributed by atoms with van der Waals surface area (Å²) in [5.74, 6) is 2.80. The molecule has 5 heteroatoms. The van der Waals surface area contributed by atoms with Gasteiger partial charge in [-0.3, -0.25) is 4.98 Å². The lowest BCUT2D eigenvalue weighted by Crippen LogP contribution is -2.20.